The van der Waals surface area contributed by atoms with Crippen molar-refractivity contribution in [2.24, 2.45) is 0 Å². The van der Waals surface area contributed by atoms with Crippen molar-refractivity contribution in [3.63, 3.8) is 0 Å². The van der Waals surface area contributed by atoms with E-state index in [9.17, 15) is 14.4 Å². The highest BCUT2D eigenvalue weighted by Gasteiger charge is 2.53. The molecule has 49 heavy (non-hydrogen) atoms. The first-order valence-electron chi connectivity index (χ1n) is 16.3. The highest BCUT2D eigenvalue weighted by Crippen LogP contribution is 2.33. The summed E-state index contributed by atoms with van der Waals surface area (Å²) in [6.07, 6.45) is 4.81. The number of carbonyl (C=O) groups excluding carboxylic acids is 3. The number of imide groups is 1. The van der Waals surface area contributed by atoms with Crippen molar-refractivity contribution in [2.45, 2.75) is 38.3 Å². The normalized spacial score (nSPS) is 15.6. The van der Waals surface area contributed by atoms with E-state index in [0.29, 0.717) is 62.3 Å². The van der Waals surface area contributed by atoms with Crippen LogP contribution in [0.5, 0.6) is 0 Å². The fourth-order valence-electron chi connectivity index (χ4n) is 5.68. The number of nitrogens with zero attached hydrogens (tertiary/aromatic N) is 9. The predicted molar refractivity (Wildman–Crippen MR) is 176 cm³/mol. The molecule has 2 fully saturated rings. The number of rotatable bonds is 15. The smallest absolute Gasteiger partial charge is 0.329 e. The number of carbonyl (C=O) groups is 3. The monoisotopic (exact) mass is 673 g/mol. The summed E-state index contributed by atoms with van der Waals surface area (Å²) in [4.78, 5) is 42.7. The van der Waals surface area contributed by atoms with Gasteiger partial charge in [-0.2, -0.15) is 0 Å². The molecule has 5 amide bonds. The Labute approximate surface area is 282 Å². The molecule has 6 rings (SSSR count). The molecular formula is C32H39N11O6. The van der Waals surface area contributed by atoms with Gasteiger partial charge in [0.15, 0.2) is 0 Å². The van der Waals surface area contributed by atoms with Crippen LogP contribution in [0.3, 0.4) is 0 Å². The van der Waals surface area contributed by atoms with E-state index in [4.69, 9.17) is 14.2 Å². The van der Waals surface area contributed by atoms with Crippen molar-refractivity contribution in [3.8, 4) is 16.9 Å². The lowest BCUT2D eigenvalue weighted by atomic mass is 9.87. The molecule has 2 aromatic carbocycles. The van der Waals surface area contributed by atoms with E-state index >= 15 is 0 Å². The van der Waals surface area contributed by atoms with Crippen molar-refractivity contribution in [1.82, 2.24) is 45.4 Å². The molecule has 0 bridgehead atoms. The van der Waals surface area contributed by atoms with Gasteiger partial charge in [0, 0.05) is 30.9 Å². The van der Waals surface area contributed by atoms with Crippen LogP contribution in [0.15, 0.2) is 61.1 Å². The van der Waals surface area contributed by atoms with Crippen molar-refractivity contribution < 1.29 is 28.6 Å². The summed E-state index contributed by atoms with van der Waals surface area (Å²) >= 11 is 0. The van der Waals surface area contributed by atoms with Gasteiger partial charge in [-0.15, -0.1) is 10.2 Å². The van der Waals surface area contributed by atoms with Crippen LogP contribution in [0.1, 0.15) is 26.2 Å². The number of hydrogen-bond acceptors (Lipinski definition) is 11. The Kier molecular flexibility index (Phi) is 10.8. The van der Waals surface area contributed by atoms with E-state index in [1.54, 1.807) is 39.9 Å². The zero-order chi connectivity index (χ0) is 34.1. The van der Waals surface area contributed by atoms with Gasteiger partial charge >= 0.3 is 12.1 Å². The number of aromatic nitrogens is 7. The number of nitrogens with one attached hydrogen (secondary N) is 2. The van der Waals surface area contributed by atoms with Gasteiger partial charge in [0.05, 0.1) is 57.2 Å². The molecule has 0 unspecified atom stereocenters. The summed E-state index contributed by atoms with van der Waals surface area (Å²) in [5.74, 6) is -0.351. The lowest BCUT2D eigenvalue weighted by Gasteiger charge is -2.37. The minimum Gasteiger partial charge on any atom is -0.379 e. The number of piperidine rings is 1. The highest BCUT2D eigenvalue weighted by atomic mass is 16.5. The quantitative estimate of drug-likeness (QED) is 0.140. The Morgan fingerprint density at radius 2 is 1.65 bits per heavy atom. The van der Waals surface area contributed by atoms with Gasteiger partial charge in [0.2, 0.25) is 0 Å². The van der Waals surface area contributed by atoms with E-state index < -0.39 is 11.6 Å². The number of tetrazole rings is 1. The average Bonchev–Trinajstić information content (AvgIpc) is 3.87. The molecule has 2 aromatic heterocycles. The summed E-state index contributed by atoms with van der Waals surface area (Å²) in [6, 6.07) is 13.4. The molecule has 4 heterocycles. The molecule has 17 heteroatoms. The van der Waals surface area contributed by atoms with Crippen LogP contribution in [-0.2, 0) is 25.5 Å². The van der Waals surface area contributed by atoms with E-state index in [0.717, 1.165) is 23.5 Å². The molecule has 0 aliphatic carbocycles. The van der Waals surface area contributed by atoms with Crippen LogP contribution in [0.4, 0.5) is 21.0 Å². The van der Waals surface area contributed by atoms with E-state index in [1.165, 1.54) is 11.0 Å². The van der Waals surface area contributed by atoms with Crippen LogP contribution in [0.2, 0.25) is 0 Å². The van der Waals surface area contributed by atoms with Gasteiger partial charge in [0.1, 0.15) is 17.6 Å². The minimum atomic E-state index is -1.09. The van der Waals surface area contributed by atoms with Gasteiger partial charge in [-0.1, -0.05) is 30.3 Å². The number of urea groups is 2. The molecule has 2 N–H and O–H groups in total. The molecule has 1 spiro atoms. The maximum Gasteiger partial charge on any atom is 0.329 e. The molecule has 17 nitrogen and oxygen atoms in total. The third kappa shape index (κ3) is 8.07. The zero-order valence-electron chi connectivity index (χ0n) is 27.2. The average molecular weight is 674 g/mol. The predicted octanol–water partition coefficient (Wildman–Crippen LogP) is 2.50. The Hall–Kier alpha value is -5.26. The molecule has 2 aliphatic rings. The van der Waals surface area contributed by atoms with Crippen LogP contribution in [0.25, 0.3) is 16.9 Å². The summed E-state index contributed by atoms with van der Waals surface area (Å²) in [7, 11) is 0. The molecule has 2 aliphatic heterocycles. The number of ether oxygens (including phenoxy) is 3. The fraction of sp³-hybridized carbons (Fsp3) is 0.438. The molecule has 0 saturated carbocycles. The number of benzene rings is 2. The highest BCUT2D eigenvalue weighted by molar-refractivity contribution is 6.23. The summed E-state index contributed by atoms with van der Waals surface area (Å²) < 4.78 is 19.6. The molecule has 0 radical (unpaired) electrons. The Balaban J connectivity index is 0.970. The second kappa shape index (κ2) is 15.8. The van der Waals surface area contributed by atoms with Crippen molar-refractivity contribution in [3.05, 3.63) is 61.1 Å². The van der Waals surface area contributed by atoms with Gasteiger partial charge in [-0.25, -0.2) is 23.9 Å². The van der Waals surface area contributed by atoms with E-state index in [-0.39, 0.29) is 37.9 Å². The number of anilines is 2. The van der Waals surface area contributed by atoms with Crippen molar-refractivity contribution in [2.75, 3.05) is 62.9 Å². The Morgan fingerprint density at radius 3 is 2.41 bits per heavy atom. The first-order chi connectivity index (χ1) is 24.0. The molecule has 0 atom stereocenters. The number of amides is 5. The Bertz CT molecular complexity index is 1720. The summed E-state index contributed by atoms with van der Waals surface area (Å²) in [6.45, 7) is 6.50. The van der Waals surface area contributed by atoms with Crippen LogP contribution < -0.4 is 15.5 Å². The molecular weight excluding hydrogens is 634 g/mol. The van der Waals surface area contributed by atoms with Crippen LogP contribution in [0, 0.1) is 0 Å². The lowest BCUT2D eigenvalue weighted by Crippen LogP contribution is -2.56. The number of hydrogen-bond donors (Lipinski definition) is 2. The second-order valence-electron chi connectivity index (χ2n) is 11.6. The van der Waals surface area contributed by atoms with Crippen molar-refractivity contribution in [1.29, 1.82) is 0 Å². The summed E-state index contributed by atoms with van der Waals surface area (Å²) in [5, 5.41) is 25.4. The lowest BCUT2D eigenvalue weighted by molar-refractivity contribution is -0.123. The standard InChI is InChI=1S/C32H39N11O6/c1-2-14-47-16-18-49-19-17-48-15-13-41-22-28(36-38-41)24-5-3-6-25(20-24)34-30(45)40-11-9-32(10-12-40)29(44)43(31(46)35-32)27-8-4-7-26(21-27)42-23-33-37-39-42/h3-8,20-23H,2,9-19H2,1H3,(H,34,45)(H,35,46). The van der Waals surface area contributed by atoms with Crippen LogP contribution >= 0.6 is 0 Å². The third-order valence-electron chi connectivity index (χ3n) is 8.27. The van der Waals surface area contributed by atoms with E-state index in [2.05, 4.69) is 43.4 Å². The largest absolute Gasteiger partial charge is 0.379 e. The SMILES string of the molecule is CCCOCCOCCOCCn1cc(-c2cccc(NC(=O)N3CCC4(CC3)NC(=O)N(c3cccc(-n5cnnn5)c3)C4=O)c2)nn1. The minimum absolute atomic E-state index is 0.280. The van der Waals surface area contributed by atoms with Gasteiger partial charge < -0.3 is 29.7 Å². The second-order valence-corrected chi connectivity index (χ2v) is 11.6. The van der Waals surface area contributed by atoms with Gasteiger partial charge in [-0.3, -0.25) is 4.79 Å². The van der Waals surface area contributed by atoms with Crippen LogP contribution in [-0.4, -0.2) is 116 Å². The van der Waals surface area contributed by atoms with Gasteiger partial charge in [0.25, 0.3) is 5.91 Å². The number of likely N-dealkylation sites (tertiary alicyclic amines) is 1. The molecule has 2 saturated heterocycles. The zero-order valence-corrected chi connectivity index (χ0v) is 27.2. The van der Waals surface area contributed by atoms with Gasteiger partial charge in [-0.05, 0) is 60.0 Å². The fourth-order valence-corrected chi connectivity index (χ4v) is 5.68. The summed E-state index contributed by atoms with van der Waals surface area (Å²) in [5.41, 5.74) is 1.98. The maximum atomic E-state index is 13.6. The van der Waals surface area contributed by atoms with E-state index in [1.807, 2.05) is 24.4 Å². The maximum absolute atomic E-state index is 13.6. The Morgan fingerprint density at radius 1 is 0.918 bits per heavy atom. The first-order valence-corrected chi connectivity index (χ1v) is 16.3. The molecule has 4 aromatic rings. The van der Waals surface area contributed by atoms with Crippen molar-refractivity contribution >= 4 is 29.3 Å². The first kappa shape index (κ1) is 33.6. The third-order valence-corrected chi connectivity index (χ3v) is 8.27. The topological polar surface area (TPSA) is 184 Å². The molecule has 258 valence electrons.